The smallest absolute Gasteiger partial charge is 0.226 e. The molecule has 0 aromatic carbocycles. The van der Waals surface area contributed by atoms with Crippen LogP contribution < -0.4 is 10.6 Å². The van der Waals surface area contributed by atoms with Crippen molar-refractivity contribution < 1.29 is 0 Å². The molecule has 0 unspecified atom stereocenters. The van der Waals surface area contributed by atoms with Crippen LogP contribution in [0.15, 0.2) is 0 Å². The normalized spacial score (nSPS) is 10.0. The zero-order valence-electron chi connectivity index (χ0n) is 7.92. The number of nitrogens with zero attached hydrogens (tertiary/aromatic N) is 3. The van der Waals surface area contributed by atoms with Gasteiger partial charge in [-0.3, -0.25) is 0 Å². The molecule has 4 heteroatoms. The SMILES string of the molecule is Cc1nc(N(C)C)nc(N)c1C. The molecule has 0 aliphatic heterocycles. The molecule has 0 fully saturated rings. The topological polar surface area (TPSA) is 55.0 Å². The Morgan fingerprint density at radius 3 is 2.17 bits per heavy atom. The van der Waals surface area contributed by atoms with E-state index < -0.39 is 0 Å². The van der Waals surface area contributed by atoms with Crippen LogP contribution >= 0.6 is 0 Å². The summed E-state index contributed by atoms with van der Waals surface area (Å²) in [5, 5.41) is 0. The molecule has 1 aromatic rings. The van der Waals surface area contributed by atoms with Crippen LogP contribution in [0.2, 0.25) is 0 Å². The average Bonchev–Trinajstić information content (AvgIpc) is 1.99. The largest absolute Gasteiger partial charge is 0.383 e. The van der Waals surface area contributed by atoms with E-state index >= 15 is 0 Å². The zero-order chi connectivity index (χ0) is 9.30. The molecule has 0 aliphatic rings. The summed E-state index contributed by atoms with van der Waals surface area (Å²) < 4.78 is 0. The Labute approximate surface area is 72.4 Å². The van der Waals surface area contributed by atoms with Gasteiger partial charge in [-0.2, -0.15) is 4.98 Å². The summed E-state index contributed by atoms with van der Waals surface area (Å²) in [6.07, 6.45) is 0. The molecule has 12 heavy (non-hydrogen) atoms. The van der Waals surface area contributed by atoms with Crippen molar-refractivity contribution >= 4 is 11.8 Å². The maximum absolute atomic E-state index is 5.68. The molecule has 0 atom stereocenters. The summed E-state index contributed by atoms with van der Waals surface area (Å²) in [5.74, 6) is 1.22. The number of aryl methyl sites for hydroxylation is 1. The highest BCUT2D eigenvalue weighted by Gasteiger charge is 2.05. The molecule has 1 rings (SSSR count). The van der Waals surface area contributed by atoms with Gasteiger partial charge in [0, 0.05) is 25.4 Å². The van der Waals surface area contributed by atoms with Gasteiger partial charge in [-0.1, -0.05) is 0 Å². The van der Waals surface area contributed by atoms with Crippen molar-refractivity contribution in [2.75, 3.05) is 24.7 Å². The third-order valence-electron chi connectivity index (χ3n) is 1.82. The fourth-order valence-electron chi connectivity index (χ4n) is 0.836. The highest BCUT2D eigenvalue weighted by atomic mass is 15.2. The van der Waals surface area contributed by atoms with Crippen LogP contribution in [0.1, 0.15) is 11.3 Å². The van der Waals surface area contributed by atoms with Crippen LogP contribution in [0.5, 0.6) is 0 Å². The van der Waals surface area contributed by atoms with Gasteiger partial charge in [0.1, 0.15) is 5.82 Å². The lowest BCUT2D eigenvalue weighted by Crippen LogP contribution is -2.15. The number of aromatic nitrogens is 2. The van der Waals surface area contributed by atoms with Crippen LogP contribution in [-0.2, 0) is 0 Å². The first-order chi connectivity index (χ1) is 5.52. The molecule has 0 spiro atoms. The summed E-state index contributed by atoms with van der Waals surface area (Å²) in [6.45, 7) is 3.85. The number of nitrogens with two attached hydrogens (primary N) is 1. The van der Waals surface area contributed by atoms with Crippen molar-refractivity contribution in [2.45, 2.75) is 13.8 Å². The molecular weight excluding hydrogens is 152 g/mol. The fourth-order valence-corrected chi connectivity index (χ4v) is 0.836. The van der Waals surface area contributed by atoms with Crippen LogP contribution in [0.4, 0.5) is 11.8 Å². The lowest BCUT2D eigenvalue weighted by atomic mass is 10.2. The number of hydrogen-bond donors (Lipinski definition) is 1. The quantitative estimate of drug-likeness (QED) is 0.668. The molecular formula is C8H14N4. The first kappa shape index (κ1) is 8.77. The van der Waals surface area contributed by atoms with E-state index in [-0.39, 0.29) is 0 Å². The predicted octanol–water partition coefficient (Wildman–Crippen LogP) is 0.742. The van der Waals surface area contributed by atoms with Crippen LogP contribution in [0.3, 0.4) is 0 Å². The monoisotopic (exact) mass is 166 g/mol. The Hall–Kier alpha value is -1.32. The highest BCUT2D eigenvalue weighted by Crippen LogP contribution is 2.14. The van der Waals surface area contributed by atoms with Crippen LogP contribution in [0.25, 0.3) is 0 Å². The van der Waals surface area contributed by atoms with Gasteiger partial charge in [-0.05, 0) is 13.8 Å². The molecule has 1 aromatic heterocycles. The number of anilines is 2. The molecule has 0 bridgehead atoms. The summed E-state index contributed by atoms with van der Waals surface area (Å²) in [6, 6.07) is 0. The van der Waals surface area contributed by atoms with Gasteiger partial charge in [0.15, 0.2) is 0 Å². The third-order valence-corrected chi connectivity index (χ3v) is 1.82. The van der Waals surface area contributed by atoms with E-state index in [9.17, 15) is 0 Å². The van der Waals surface area contributed by atoms with E-state index in [4.69, 9.17) is 5.73 Å². The molecule has 66 valence electrons. The number of hydrogen-bond acceptors (Lipinski definition) is 4. The molecule has 1 heterocycles. The van der Waals surface area contributed by atoms with Crippen molar-refractivity contribution in [2.24, 2.45) is 0 Å². The second kappa shape index (κ2) is 2.97. The Bertz CT molecular complexity index is 270. The van der Waals surface area contributed by atoms with Gasteiger partial charge >= 0.3 is 0 Å². The molecule has 0 amide bonds. The van der Waals surface area contributed by atoms with Gasteiger partial charge in [0.05, 0.1) is 0 Å². The summed E-state index contributed by atoms with van der Waals surface area (Å²) in [4.78, 5) is 10.2. The van der Waals surface area contributed by atoms with Gasteiger partial charge in [0.2, 0.25) is 5.95 Å². The minimum absolute atomic E-state index is 0.561. The van der Waals surface area contributed by atoms with Gasteiger partial charge < -0.3 is 10.6 Å². The van der Waals surface area contributed by atoms with E-state index in [1.807, 2.05) is 32.8 Å². The van der Waals surface area contributed by atoms with Gasteiger partial charge in [0.25, 0.3) is 0 Å². The lowest BCUT2D eigenvalue weighted by Gasteiger charge is -2.12. The van der Waals surface area contributed by atoms with E-state index in [2.05, 4.69) is 9.97 Å². The standard InChI is InChI=1S/C8H14N4/c1-5-6(2)10-8(12(3)4)11-7(5)9/h1-4H3,(H2,9,10,11). The predicted molar refractivity (Wildman–Crippen MR) is 50.2 cm³/mol. The van der Waals surface area contributed by atoms with Crippen LogP contribution in [0, 0.1) is 13.8 Å². The molecule has 0 saturated carbocycles. The molecule has 0 saturated heterocycles. The van der Waals surface area contributed by atoms with Crippen LogP contribution in [-0.4, -0.2) is 24.1 Å². The lowest BCUT2D eigenvalue weighted by molar-refractivity contribution is 0.969. The van der Waals surface area contributed by atoms with E-state index in [0.29, 0.717) is 11.8 Å². The second-order valence-corrected chi connectivity index (χ2v) is 3.01. The fraction of sp³-hybridized carbons (Fsp3) is 0.500. The maximum atomic E-state index is 5.68. The Morgan fingerprint density at radius 1 is 1.17 bits per heavy atom. The van der Waals surface area contributed by atoms with E-state index in [1.165, 1.54) is 0 Å². The third kappa shape index (κ3) is 1.47. The number of nitrogen functional groups attached to an aromatic ring is 1. The summed E-state index contributed by atoms with van der Waals surface area (Å²) >= 11 is 0. The Morgan fingerprint density at radius 2 is 1.75 bits per heavy atom. The number of rotatable bonds is 1. The minimum Gasteiger partial charge on any atom is -0.383 e. The van der Waals surface area contributed by atoms with Crippen molar-refractivity contribution in [1.82, 2.24) is 9.97 Å². The summed E-state index contributed by atoms with van der Waals surface area (Å²) in [7, 11) is 3.78. The van der Waals surface area contributed by atoms with Crippen molar-refractivity contribution in [3.8, 4) is 0 Å². The van der Waals surface area contributed by atoms with E-state index in [1.54, 1.807) is 0 Å². The Kier molecular flexibility index (Phi) is 2.17. The van der Waals surface area contributed by atoms with Gasteiger partial charge in [-0.15, -0.1) is 0 Å². The minimum atomic E-state index is 0.561. The van der Waals surface area contributed by atoms with Crippen molar-refractivity contribution in [1.29, 1.82) is 0 Å². The second-order valence-electron chi connectivity index (χ2n) is 3.01. The van der Waals surface area contributed by atoms with E-state index in [0.717, 1.165) is 11.3 Å². The first-order valence-electron chi connectivity index (χ1n) is 3.80. The zero-order valence-corrected chi connectivity index (χ0v) is 7.92. The maximum Gasteiger partial charge on any atom is 0.226 e. The van der Waals surface area contributed by atoms with Crippen molar-refractivity contribution in [3.63, 3.8) is 0 Å². The Balaban J connectivity index is 3.21. The highest BCUT2D eigenvalue weighted by molar-refractivity contribution is 5.46. The van der Waals surface area contributed by atoms with Gasteiger partial charge in [-0.25, -0.2) is 4.98 Å². The molecule has 0 radical (unpaired) electrons. The summed E-state index contributed by atoms with van der Waals surface area (Å²) in [5.41, 5.74) is 7.58. The molecule has 2 N–H and O–H groups in total. The molecule has 4 nitrogen and oxygen atoms in total. The average molecular weight is 166 g/mol. The molecule has 0 aliphatic carbocycles. The van der Waals surface area contributed by atoms with Crippen molar-refractivity contribution in [3.05, 3.63) is 11.3 Å². The first-order valence-corrected chi connectivity index (χ1v) is 3.80.